The number of nitrogens with one attached hydrogen (secondary N) is 1. The molecule has 1 aromatic carbocycles. The zero-order chi connectivity index (χ0) is 12.2. The Labute approximate surface area is 93.7 Å². The quantitative estimate of drug-likeness (QED) is 0.678. The Morgan fingerprint density at radius 3 is 2.19 bits per heavy atom. The number of hydrogen-bond acceptors (Lipinski definition) is 2. The second-order valence-electron chi connectivity index (χ2n) is 3.49. The third kappa shape index (κ3) is 4.57. The predicted octanol–water partition coefficient (Wildman–Crippen LogP) is 0.653. The minimum absolute atomic E-state index is 0.0947. The lowest BCUT2D eigenvalue weighted by molar-refractivity contribution is -0.119. The summed E-state index contributed by atoms with van der Waals surface area (Å²) in [7, 11) is -2.46. The maximum Gasteiger partial charge on any atom is 0.329 e. The highest BCUT2D eigenvalue weighted by Gasteiger charge is 2.13. The van der Waals surface area contributed by atoms with Gasteiger partial charge in [-0.05, 0) is 11.1 Å². The molecule has 16 heavy (non-hydrogen) atoms. The van der Waals surface area contributed by atoms with Crippen molar-refractivity contribution in [1.82, 2.24) is 5.32 Å². The molecule has 0 fully saturated rings. The Morgan fingerprint density at radius 2 is 1.75 bits per heavy atom. The Bertz CT molecular complexity index is 409. The summed E-state index contributed by atoms with van der Waals surface area (Å²) in [6, 6.07) is 6.63. The third-order valence-corrected chi connectivity index (χ3v) is 2.83. The van der Waals surface area contributed by atoms with Gasteiger partial charge in [0.1, 0.15) is 0 Å². The molecule has 0 saturated carbocycles. The van der Waals surface area contributed by atoms with E-state index in [1.807, 2.05) is 0 Å². The molecule has 6 heteroatoms. The van der Waals surface area contributed by atoms with Gasteiger partial charge in [-0.2, -0.15) is 0 Å². The van der Waals surface area contributed by atoms with E-state index < -0.39 is 7.60 Å². The van der Waals surface area contributed by atoms with Crippen molar-refractivity contribution in [2.45, 2.75) is 12.6 Å². The molecule has 3 N–H and O–H groups in total. The van der Waals surface area contributed by atoms with Crippen LogP contribution in [0.3, 0.4) is 0 Å². The van der Waals surface area contributed by atoms with Gasteiger partial charge in [-0.3, -0.25) is 9.36 Å². The average molecular weight is 243 g/mol. The second-order valence-corrected chi connectivity index (χ2v) is 5.13. The number of benzene rings is 1. The van der Waals surface area contributed by atoms with Gasteiger partial charge in [-0.15, -0.1) is 0 Å². The zero-order valence-corrected chi connectivity index (χ0v) is 9.78. The normalized spacial score (nSPS) is 11.2. The van der Waals surface area contributed by atoms with Gasteiger partial charge in [0.15, 0.2) is 0 Å². The molecule has 0 unspecified atom stereocenters. The molecule has 88 valence electrons. The summed E-state index contributed by atoms with van der Waals surface area (Å²) >= 11 is 0. The van der Waals surface area contributed by atoms with Crippen LogP contribution >= 0.6 is 7.60 Å². The van der Waals surface area contributed by atoms with E-state index in [2.05, 4.69) is 5.32 Å². The van der Waals surface area contributed by atoms with Crippen molar-refractivity contribution in [3.05, 3.63) is 35.4 Å². The maximum absolute atomic E-state index is 11.1. The first-order valence-electron chi connectivity index (χ1n) is 4.73. The largest absolute Gasteiger partial charge is 0.359 e. The van der Waals surface area contributed by atoms with Crippen molar-refractivity contribution in [2.75, 3.05) is 7.05 Å². The molecular formula is C10H14NO4P. The van der Waals surface area contributed by atoms with Crippen LogP contribution in [0.1, 0.15) is 11.1 Å². The van der Waals surface area contributed by atoms with Crippen molar-refractivity contribution in [3.63, 3.8) is 0 Å². The Kier molecular flexibility index (Phi) is 4.24. The molecule has 5 nitrogen and oxygen atoms in total. The lowest BCUT2D eigenvalue weighted by Gasteiger charge is -2.05. The summed E-state index contributed by atoms with van der Waals surface area (Å²) in [5, 5.41) is 2.50. The van der Waals surface area contributed by atoms with E-state index in [9.17, 15) is 9.36 Å². The van der Waals surface area contributed by atoms with E-state index in [0.717, 1.165) is 5.56 Å². The third-order valence-electron chi connectivity index (χ3n) is 2.06. The van der Waals surface area contributed by atoms with Crippen LogP contribution in [0.4, 0.5) is 0 Å². The van der Waals surface area contributed by atoms with Crippen LogP contribution in [0.15, 0.2) is 24.3 Å². The van der Waals surface area contributed by atoms with Gasteiger partial charge in [-0.25, -0.2) is 0 Å². The highest BCUT2D eigenvalue weighted by atomic mass is 31.2. The van der Waals surface area contributed by atoms with Crippen LogP contribution in [0.25, 0.3) is 0 Å². The lowest BCUT2D eigenvalue weighted by Crippen LogP contribution is -2.19. The first-order chi connectivity index (χ1) is 7.40. The molecule has 0 atom stereocenters. The molecule has 0 bridgehead atoms. The van der Waals surface area contributed by atoms with E-state index in [1.54, 1.807) is 31.3 Å². The first-order valence-corrected chi connectivity index (χ1v) is 6.53. The smallest absolute Gasteiger partial charge is 0.329 e. The summed E-state index contributed by atoms with van der Waals surface area (Å²) in [5.74, 6) is -0.0947. The molecule has 0 aliphatic heterocycles. The summed E-state index contributed by atoms with van der Waals surface area (Å²) < 4.78 is 10.7. The van der Waals surface area contributed by atoms with Crippen molar-refractivity contribution < 1.29 is 19.1 Å². The van der Waals surface area contributed by atoms with Crippen LogP contribution in [-0.4, -0.2) is 22.7 Å². The van der Waals surface area contributed by atoms with Gasteiger partial charge >= 0.3 is 7.60 Å². The van der Waals surface area contributed by atoms with Gasteiger partial charge in [0.05, 0.1) is 12.6 Å². The number of carbonyl (C=O) groups excluding carboxylic acids is 1. The minimum Gasteiger partial charge on any atom is -0.359 e. The molecule has 0 aromatic heterocycles. The van der Waals surface area contributed by atoms with Crippen molar-refractivity contribution in [3.8, 4) is 0 Å². The van der Waals surface area contributed by atoms with Gasteiger partial charge in [0.2, 0.25) is 5.91 Å². The second kappa shape index (κ2) is 5.25. The van der Waals surface area contributed by atoms with E-state index in [4.69, 9.17) is 9.79 Å². The molecule has 0 aliphatic rings. The summed E-state index contributed by atoms with van der Waals surface area (Å²) in [6.07, 6.45) is -0.0000546. The topological polar surface area (TPSA) is 86.6 Å². The standard InChI is InChI=1S/C10H14NO4P/c1-11-10(12)6-8-2-4-9(5-3-8)7-16(13,14)15/h2-5H,6-7H2,1H3,(H,11,12)(H2,13,14,15). The maximum atomic E-state index is 11.1. The number of likely N-dealkylation sites (N-methyl/N-ethyl adjacent to an activating group) is 1. The minimum atomic E-state index is -4.02. The van der Waals surface area contributed by atoms with Crippen molar-refractivity contribution in [1.29, 1.82) is 0 Å². The van der Waals surface area contributed by atoms with Gasteiger partial charge in [0, 0.05) is 7.05 Å². The zero-order valence-electron chi connectivity index (χ0n) is 8.88. The Morgan fingerprint density at radius 1 is 1.25 bits per heavy atom. The molecule has 0 radical (unpaired) electrons. The summed E-state index contributed by atoms with van der Waals surface area (Å²) in [5.41, 5.74) is 1.38. The predicted molar refractivity (Wildman–Crippen MR) is 60.0 cm³/mol. The number of carbonyl (C=O) groups is 1. The SMILES string of the molecule is CNC(=O)Cc1ccc(CP(=O)(O)O)cc1. The first kappa shape index (κ1) is 12.9. The highest BCUT2D eigenvalue weighted by Crippen LogP contribution is 2.38. The van der Waals surface area contributed by atoms with E-state index in [0.29, 0.717) is 5.56 Å². The average Bonchev–Trinajstić information content (AvgIpc) is 2.18. The number of hydrogen-bond donors (Lipinski definition) is 3. The lowest BCUT2D eigenvalue weighted by atomic mass is 10.1. The Hall–Kier alpha value is -1.16. The molecule has 1 amide bonds. The fraction of sp³-hybridized carbons (Fsp3) is 0.300. The Balaban J connectivity index is 2.68. The van der Waals surface area contributed by atoms with Crippen LogP contribution in [-0.2, 0) is 21.9 Å². The number of rotatable bonds is 4. The summed E-state index contributed by atoms with van der Waals surface area (Å²) in [6.45, 7) is 0. The van der Waals surface area contributed by atoms with E-state index in [1.165, 1.54) is 0 Å². The van der Waals surface area contributed by atoms with Gasteiger partial charge in [-0.1, -0.05) is 24.3 Å². The van der Waals surface area contributed by atoms with Crippen LogP contribution in [0.5, 0.6) is 0 Å². The van der Waals surface area contributed by atoms with Gasteiger partial charge in [0.25, 0.3) is 0 Å². The molecule has 1 aromatic rings. The van der Waals surface area contributed by atoms with Crippen molar-refractivity contribution in [2.24, 2.45) is 0 Å². The highest BCUT2D eigenvalue weighted by molar-refractivity contribution is 7.50. The van der Waals surface area contributed by atoms with Crippen LogP contribution in [0.2, 0.25) is 0 Å². The summed E-state index contributed by atoms with van der Waals surface area (Å²) in [4.78, 5) is 28.6. The fourth-order valence-corrected chi connectivity index (χ4v) is 1.96. The molecule has 0 aliphatic carbocycles. The van der Waals surface area contributed by atoms with Crippen molar-refractivity contribution >= 4 is 13.5 Å². The monoisotopic (exact) mass is 243 g/mol. The fourth-order valence-electron chi connectivity index (χ4n) is 1.27. The van der Waals surface area contributed by atoms with Crippen LogP contribution < -0.4 is 5.32 Å². The molecule has 0 saturated heterocycles. The molecule has 0 spiro atoms. The van der Waals surface area contributed by atoms with Crippen LogP contribution in [0, 0.1) is 0 Å². The van der Waals surface area contributed by atoms with E-state index >= 15 is 0 Å². The van der Waals surface area contributed by atoms with Gasteiger partial charge < -0.3 is 15.1 Å². The molecule has 0 heterocycles. The molecule has 1 rings (SSSR count). The van der Waals surface area contributed by atoms with E-state index in [-0.39, 0.29) is 18.5 Å². The molecular weight excluding hydrogens is 229 g/mol. The number of amides is 1.